The van der Waals surface area contributed by atoms with Gasteiger partial charge in [0.05, 0.1) is 12.1 Å². The van der Waals surface area contributed by atoms with Crippen LogP contribution in [0.3, 0.4) is 0 Å². The number of rotatable bonds is 3. The first-order valence-electron chi connectivity index (χ1n) is 8.16. The van der Waals surface area contributed by atoms with Crippen molar-refractivity contribution in [3.8, 4) is 27.8 Å². The molecule has 27 heavy (non-hydrogen) atoms. The Balaban J connectivity index is 1.66. The summed E-state index contributed by atoms with van der Waals surface area (Å²) in [5.41, 5.74) is 2.35. The molecule has 5 rings (SSSR count). The summed E-state index contributed by atoms with van der Waals surface area (Å²) < 4.78 is 7.13. The van der Waals surface area contributed by atoms with Gasteiger partial charge in [-0.25, -0.2) is 4.98 Å². The lowest BCUT2D eigenvalue weighted by molar-refractivity contribution is 0.419. The highest BCUT2D eigenvalue weighted by molar-refractivity contribution is 7.19. The topological polar surface area (TPSA) is 65.2 Å². The second-order valence-corrected chi connectivity index (χ2v) is 7.20. The van der Waals surface area contributed by atoms with Gasteiger partial charge in [0.15, 0.2) is 10.8 Å². The maximum atomic E-state index is 6.31. The van der Waals surface area contributed by atoms with E-state index in [0.717, 1.165) is 32.9 Å². The zero-order valence-corrected chi connectivity index (χ0v) is 15.7. The molecule has 132 valence electrons. The summed E-state index contributed by atoms with van der Waals surface area (Å²) in [5.74, 6) is 1.34. The number of nitrogens with zero attached hydrogens (tertiary/aromatic N) is 5. The van der Waals surface area contributed by atoms with Crippen LogP contribution < -0.4 is 4.74 Å². The highest BCUT2D eigenvalue weighted by atomic mass is 35.5. The molecule has 3 aromatic heterocycles. The molecule has 2 aromatic carbocycles. The predicted octanol–water partition coefficient (Wildman–Crippen LogP) is 4.73. The fourth-order valence-electron chi connectivity index (χ4n) is 2.93. The average Bonchev–Trinajstić information content (AvgIpc) is 3.28. The number of aromatic nitrogens is 5. The van der Waals surface area contributed by atoms with Crippen molar-refractivity contribution >= 4 is 38.8 Å². The molecule has 0 aliphatic heterocycles. The van der Waals surface area contributed by atoms with Crippen LogP contribution in [-0.2, 0) is 0 Å². The second kappa shape index (κ2) is 6.29. The first kappa shape index (κ1) is 16.2. The molecule has 0 fully saturated rings. The molecule has 0 bridgehead atoms. The Morgan fingerprint density at radius 3 is 2.74 bits per heavy atom. The number of methoxy groups -OCH3 is 1. The van der Waals surface area contributed by atoms with Gasteiger partial charge in [-0.2, -0.15) is 9.61 Å². The third kappa shape index (κ3) is 2.63. The number of hydrogen-bond donors (Lipinski definition) is 0. The number of benzene rings is 2. The van der Waals surface area contributed by atoms with Gasteiger partial charge in [0.2, 0.25) is 4.96 Å². The van der Waals surface area contributed by atoms with Crippen molar-refractivity contribution in [1.29, 1.82) is 0 Å². The molecule has 8 heteroatoms. The van der Waals surface area contributed by atoms with Gasteiger partial charge in [-0.15, -0.1) is 10.2 Å². The maximum absolute atomic E-state index is 6.31. The molecule has 5 aromatic rings. The molecule has 6 nitrogen and oxygen atoms in total. The van der Waals surface area contributed by atoms with E-state index in [1.54, 1.807) is 11.6 Å². The predicted molar refractivity (Wildman–Crippen MR) is 106 cm³/mol. The standard InChI is InChI=1S/C19H12ClN5OS/c1-26-15-8-4-5-11-9-10-14(21-16(11)15)18-24-25-17(22-23-19(25)27-18)12-6-2-3-7-13(12)20/h2-10H,1H3. The Bertz CT molecular complexity index is 1300. The Morgan fingerprint density at radius 1 is 1.00 bits per heavy atom. The highest BCUT2D eigenvalue weighted by Gasteiger charge is 2.17. The molecule has 0 saturated heterocycles. The number of fused-ring (bicyclic) bond motifs is 2. The van der Waals surface area contributed by atoms with Crippen LogP contribution in [0.2, 0.25) is 5.02 Å². The number of pyridine rings is 1. The minimum absolute atomic E-state index is 0.606. The maximum Gasteiger partial charge on any atom is 0.235 e. The zero-order chi connectivity index (χ0) is 18.4. The minimum atomic E-state index is 0.606. The minimum Gasteiger partial charge on any atom is -0.494 e. The molecular formula is C19H12ClN5OS. The largest absolute Gasteiger partial charge is 0.494 e. The van der Waals surface area contributed by atoms with Crippen molar-refractivity contribution in [1.82, 2.24) is 24.8 Å². The smallest absolute Gasteiger partial charge is 0.235 e. The van der Waals surface area contributed by atoms with Gasteiger partial charge in [0.1, 0.15) is 17.0 Å². The van der Waals surface area contributed by atoms with Crippen molar-refractivity contribution < 1.29 is 4.74 Å². The van der Waals surface area contributed by atoms with E-state index in [1.165, 1.54) is 11.3 Å². The fourth-order valence-corrected chi connectivity index (χ4v) is 3.96. The molecule has 0 aliphatic carbocycles. The summed E-state index contributed by atoms with van der Waals surface area (Å²) in [6.45, 7) is 0. The fraction of sp³-hybridized carbons (Fsp3) is 0.0526. The van der Waals surface area contributed by atoms with Crippen molar-refractivity contribution in [2.24, 2.45) is 0 Å². The van der Waals surface area contributed by atoms with Crippen molar-refractivity contribution in [3.63, 3.8) is 0 Å². The monoisotopic (exact) mass is 393 g/mol. The molecule has 0 spiro atoms. The zero-order valence-electron chi connectivity index (χ0n) is 14.1. The Kier molecular flexibility index (Phi) is 3.77. The Morgan fingerprint density at radius 2 is 1.89 bits per heavy atom. The van der Waals surface area contributed by atoms with E-state index < -0.39 is 0 Å². The van der Waals surface area contributed by atoms with E-state index >= 15 is 0 Å². The van der Waals surface area contributed by atoms with Gasteiger partial charge in [-0.05, 0) is 24.3 Å². The van der Waals surface area contributed by atoms with Crippen molar-refractivity contribution in [2.45, 2.75) is 0 Å². The quantitative estimate of drug-likeness (QED) is 0.443. The Labute approximate surface area is 163 Å². The summed E-state index contributed by atoms with van der Waals surface area (Å²) >= 11 is 7.73. The molecule has 0 saturated carbocycles. The van der Waals surface area contributed by atoms with Gasteiger partial charge in [-0.1, -0.05) is 53.3 Å². The lowest BCUT2D eigenvalue weighted by Crippen LogP contribution is -1.93. The lowest BCUT2D eigenvalue weighted by Gasteiger charge is -2.05. The first-order chi connectivity index (χ1) is 13.2. The van der Waals surface area contributed by atoms with E-state index in [1.807, 2.05) is 54.6 Å². The lowest BCUT2D eigenvalue weighted by atomic mass is 10.2. The van der Waals surface area contributed by atoms with Crippen molar-refractivity contribution in [2.75, 3.05) is 7.11 Å². The SMILES string of the molecule is COc1cccc2ccc(-c3nn4c(-c5ccccc5Cl)nnc4s3)nc12. The molecule has 0 amide bonds. The van der Waals surface area contributed by atoms with Crippen LogP contribution in [-0.4, -0.2) is 31.9 Å². The summed E-state index contributed by atoms with van der Waals surface area (Å²) in [6.07, 6.45) is 0. The molecular weight excluding hydrogens is 382 g/mol. The second-order valence-electron chi connectivity index (χ2n) is 5.83. The Hall–Kier alpha value is -3.03. The van der Waals surface area contributed by atoms with Crippen LogP contribution in [0, 0.1) is 0 Å². The number of para-hydroxylation sites is 1. The average molecular weight is 394 g/mol. The van der Waals surface area contributed by atoms with Gasteiger partial charge >= 0.3 is 0 Å². The van der Waals surface area contributed by atoms with Crippen LogP contribution in [0.1, 0.15) is 0 Å². The molecule has 3 heterocycles. The molecule has 0 N–H and O–H groups in total. The van der Waals surface area contributed by atoms with E-state index in [4.69, 9.17) is 21.3 Å². The van der Waals surface area contributed by atoms with Crippen LogP contribution in [0.4, 0.5) is 0 Å². The first-order valence-corrected chi connectivity index (χ1v) is 9.35. The summed E-state index contributed by atoms with van der Waals surface area (Å²) in [4.78, 5) is 5.43. The third-order valence-corrected chi connectivity index (χ3v) is 5.48. The number of halogens is 1. The van der Waals surface area contributed by atoms with Gasteiger partial charge < -0.3 is 4.74 Å². The van der Waals surface area contributed by atoms with E-state index in [9.17, 15) is 0 Å². The summed E-state index contributed by atoms with van der Waals surface area (Å²) in [7, 11) is 1.64. The van der Waals surface area contributed by atoms with Crippen LogP contribution >= 0.6 is 22.9 Å². The third-order valence-electron chi connectivity index (χ3n) is 4.23. The van der Waals surface area contributed by atoms with E-state index in [-0.39, 0.29) is 0 Å². The van der Waals surface area contributed by atoms with Gasteiger partial charge in [0, 0.05) is 10.9 Å². The highest BCUT2D eigenvalue weighted by Crippen LogP contribution is 2.32. The number of hydrogen-bond acceptors (Lipinski definition) is 6. The molecule has 0 radical (unpaired) electrons. The van der Waals surface area contributed by atoms with Crippen LogP contribution in [0.25, 0.3) is 38.0 Å². The van der Waals surface area contributed by atoms with Gasteiger partial charge in [0.25, 0.3) is 0 Å². The summed E-state index contributed by atoms with van der Waals surface area (Å²) in [6, 6.07) is 17.3. The van der Waals surface area contributed by atoms with Crippen LogP contribution in [0.15, 0.2) is 54.6 Å². The number of ether oxygens (including phenoxy) is 1. The molecule has 0 aliphatic rings. The van der Waals surface area contributed by atoms with E-state index in [0.29, 0.717) is 15.8 Å². The normalized spacial score (nSPS) is 11.3. The van der Waals surface area contributed by atoms with Crippen LogP contribution in [0.5, 0.6) is 5.75 Å². The summed E-state index contributed by atoms with van der Waals surface area (Å²) in [5, 5.41) is 15.5. The van der Waals surface area contributed by atoms with E-state index in [2.05, 4.69) is 15.3 Å². The van der Waals surface area contributed by atoms with Gasteiger partial charge in [-0.3, -0.25) is 0 Å². The van der Waals surface area contributed by atoms with Crippen molar-refractivity contribution in [3.05, 3.63) is 59.6 Å². The molecule has 0 atom stereocenters. The molecule has 0 unspecified atom stereocenters.